The highest BCUT2D eigenvalue weighted by Gasteiger charge is 2.35. The van der Waals surface area contributed by atoms with Crippen LogP contribution in [0.2, 0.25) is 0 Å². The zero-order valence-electron chi connectivity index (χ0n) is 37.2. The van der Waals surface area contributed by atoms with Gasteiger partial charge in [-0.2, -0.15) is 13.2 Å². The SMILES string of the molecule is CC1(C)c2ccccc2-c2ccc(-c3ccc4c(c3)c3ccccc3c3cc5c6cc(-c7ccc(C(F)(F)F)cc7)ccc6n(-c6cc(-c7ccccc7)nc(-c7ccccc7)c6)c5cc43)cc21. The Morgan fingerprint density at radius 1 is 0.368 bits per heavy atom. The van der Waals surface area contributed by atoms with Gasteiger partial charge in [0.05, 0.1) is 33.7 Å². The summed E-state index contributed by atoms with van der Waals surface area (Å²) in [6.07, 6.45) is -4.42. The van der Waals surface area contributed by atoms with Gasteiger partial charge in [-0.1, -0.05) is 166 Å². The molecule has 1 aliphatic carbocycles. The molecule has 0 atom stereocenters. The summed E-state index contributed by atoms with van der Waals surface area (Å²) in [4.78, 5) is 5.22. The van der Waals surface area contributed by atoms with E-state index in [1.165, 1.54) is 44.2 Å². The lowest BCUT2D eigenvalue weighted by atomic mass is 9.81. The molecule has 0 radical (unpaired) electrons. The van der Waals surface area contributed by atoms with Crippen LogP contribution in [0.1, 0.15) is 30.5 Å². The van der Waals surface area contributed by atoms with Gasteiger partial charge < -0.3 is 4.57 Å². The first kappa shape index (κ1) is 40.0. The number of fused-ring (bicyclic) bond motifs is 12. The van der Waals surface area contributed by atoms with E-state index >= 15 is 0 Å². The fraction of sp³-hybridized carbons (Fsp3) is 0.0635. The quantitative estimate of drug-likeness (QED) is 0.158. The van der Waals surface area contributed by atoms with Crippen molar-refractivity contribution in [2.24, 2.45) is 0 Å². The summed E-state index contributed by atoms with van der Waals surface area (Å²) < 4.78 is 43.4. The molecule has 0 unspecified atom stereocenters. The Hall–Kier alpha value is -8.28. The van der Waals surface area contributed by atoms with Gasteiger partial charge in [-0.25, -0.2) is 4.98 Å². The van der Waals surface area contributed by atoms with Crippen LogP contribution in [-0.4, -0.2) is 9.55 Å². The maximum atomic E-state index is 13.7. The van der Waals surface area contributed by atoms with E-state index in [1.807, 2.05) is 42.5 Å². The molecule has 68 heavy (non-hydrogen) atoms. The lowest BCUT2D eigenvalue weighted by Gasteiger charge is -2.22. The summed E-state index contributed by atoms with van der Waals surface area (Å²) in [5.74, 6) is 0. The fourth-order valence-electron chi connectivity index (χ4n) is 11.0. The summed E-state index contributed by atoms with van der Waals surface area (Å²) in [5, 5.41) is 8.98. The summed E-state index contributed by atoms with van der Waals surface area (Å²) in [6, 6.07) is 72.6. The number of aromatic nitrogens is 2. The number of nitrogens with zero attached hydrogens (tertiary/aromatic N) is 2. The number of benzene rings is 10. The van der Waals surface area contributed by atoms with Crippen LogP contribution in [0.25, 0.3) is 116 Å². The monoisotopic (exact) mass is 882 g/mol. The van der Waals surface area contributed by atoms with Crippen molar-refractivity contribution < 1.29 is 13.2 Å². The molecule has 2 nitrogen and oxygen atoms in total. The van der Waals surface area contributed by atoms with Gasteiger partial charge in [-0.15, -0.1) is 0 Å². The van der Waals surface area contributed by atoms with Crippen molar-refractivity contribution in [3.63, 3.8) is 0 Å². The van der Waals surface area contributed by atoms with Crippen molar-refractivity contribution >= 4 is 54.1 Å². The number of halogens is 3. The molecule has 0 N–H and O–H groups in total. The van der Waals surface area contributed by atoms with Gasteiger partial charge >= 0.3 is 6.18 Å². The Morgan fingerprint density at radius 2 is 0.868 bits per heavy atom. The Balaban J connectivity index is 1.07. The van der Waals surface area contributed by atoms with Gasteiger partial charge in [0.1, 0.15) is 0 Å². The molecule has 2 heterocycles. The molecule has 0 spiro atoms. The Labute approximate surface area is 391 Å². The second kappa shape index (κ2) is 14.9. The van der Waals surface area contributed by atoms with Crippen molar-refractivity contribution in [3.8, 4) is 61.6 Å². The summed E-state index contributed by atoms with van der Waals surface area (Å²) in [7, 11) is 0. The number of hydrogen-bond donors (Lipinski definition) is 0. The molecule has 0 saturated heterocycles. The van der Waals surface area contributed by atoms with E-state index in [4.69, 9.17) is 4.98 Å². The Morgan fingerprint density at radius 3 is 1.56 bits per heavy atom. The van der Waals surface area contributed by atoms with Crippen molar-refractivity contribution in [2.75, 3.05) is 0 Å². The van der Waals surface area contributed by atoms with E-state index in [-0.39, 0.29) is 5.41 Å². The zero-order chi connectivity index (χ0) is 45.9. The van der Waals surface area contributed by atoms with Gasteiger partial charge in [0.15, 0.2) is 0 Å². The minimum atomic E-state index is -4.42. The first-order chi connectivity index (χ1) is 33.1. The third kappa shape index (κ3) is 6.22. The minimum absolute atomic E-state index is 0.109. The van der Waals surface area contributed by atoms with E-state index in [9.17, 15) is 13.2 Å². The normalized spacial score (nSPS) is 13.2. The van der Waals surface area contributed by atoms with E-state index in [0.717, 1.165) is 89.2 Å². The summed E-state index contributed by atoms with van der Waals surface area (Å²) in [5.41, 5.74) is 15.1. The summed E-state index contributed by atoms with van der Waals surface area (Å²) >= 11 is 0. The number of rotatable bonds is 5. The molecule has 13 rings (SSSR count). The standard InChI is InChI=1S/C63H41F3N2/c1-62(2)56-20-12-11-19-49(56)50-29-24-43(33-57(50)62)42-23-28-48-51(31-42)46-17-9-10-18-47(46)52-36-55-54-32-41(38-21-26-44(27-22-38)63(64,65)66)25-30-60(54)68(61(55)37-53(48)52)45-34-58(39-13-5-3-6-14-39)67-59(35-45)40-15-7-4-8-16-40/h3-37H,1-2H3. The van der Waals surface area contributed by atoms with Crippen molar-refractivity contribution in [1.82, 2.24) is 9.55 Å². The first-order valence-electron chi connectivity index (χ1n) is 23.0. The van der Waals surface area contributed by atoms with Crippen LogP contribution in [0.4, 0.5) is 13.2 Å². The smallest absolute Gasteiger partial charge is 0.309 e. The first-order valence-corrected chi connectivity index (χ1v) is 23.0. The zero-order valence-corrected chi connectivity index (χ0v) is 37.2. The highest BCUT2D eigenvalue weighted by atomic mass is 19.4. The van der Waals surface area contributed by atoms with Gasteiger partial charge in [0.25, 0.3) is 0 Å². The number of alkyl halides is 3. The van der Waals surface area contributed by atoms with Crippen LogP contribution in [0.15, 0.2) is 212 Å². The molecular formula is C63H41F3N2. The molecule has 0 amide bonds. The molecule has 324 valence electrons. The van der Waals surface area contributed by atoms with Gasteiger partial charge in [-0.3, -0.25) is 0 Å². The van der Waals surface area contributed by atoms with Gasteiger partial charge in [0, 0.05) is 27.3 Å². The molecule has 5 heteroatoms. The average Bonchev–Trinajstić information content (AvgIpc) is 3.82. The molecule has 0 saturated carbocycles. The molecule has 0 aliphatic heterocycles. The number of pyridine rings is 1. The van der Waals surface area contributed by atoms with Crippen molar-refractivity contribution in [1.29, 1.82) is 0 Å². The van der Waals surface area contributed by atoms with Crippen LogP contribution in [0, 0.1) is 0 Å². The van der Waals surface area contributed by atoms with Crippen LogP contribution < -0.4 is 0 Å². The average molecular weight is 883 g/mol. The van der Waals surface area contributed by atoms with E-state index < -0.39 is 11.7 Å². The molecular weight excluding hydrogens is 842 g/mol. The van der Waals surface area contributed by atoms with Crippen LogP contribution in [-0.2, 0) is 11.6 Å². The Kier molecular flexibility index (Phi) is 8.75. The van der Waals surface area contributed by atoms with Gasteiger partial charge in [0.2, 0.25) is 0 Å². The fourth-order valence-corrected chi connectivity index (χ4v) is 11.0. The second-order valence-electron chi connectivity index (χ2n) is 18.6. The van der Waals surface area contributed by atoms with Crippen molar-refractivity contribution in [2.45, 2.75) is 25.4 Å². The van der Waals surface area contributed by atoms with Gasteiger partial charge in [-0.05, 0) is 137 Å². The van der Waals surface area contributed by atoms with Crippen LogP contribution in [0.5, 0.6) is 0 Å². The lowest BCUT2D eigenvalue weighted by Crippen LogP contribution is -2.14. The predicted molar refractivity (Wildman–Crippen MR) is 275 cm³/mol. The second-order valence-corrected chi connectivity index (χ2v) is 18.6. The predicted octanol–water partition coefficient (Wildman–Crippen LogP) is 17.6. The largest absolute Gasteiger partial charge is 0.416 e. The third-order valence-corrected chi connectivity index (χ3v) is 14.4. The summed E-state index contributed by atoms with van der Waals surface area (Å²) in [6.45, 7) is 4.65. The van der Waals surface area contributed by atoms with E-state index in [2.05, 4.69) is 164 Å². The molecule has 0 fully saturated rings. The van der Waals surface area contributed by atoms with E-state index in [0.29, 0.717) is 5.56 Å². The highest BCUT2D eigenvalue weighted by molar-refractivity contribution is 6.29. The van der Waals surface area contributed by atoms with Crippen LogP contribution >= 0.6 is 0 Å². The number of hydrogen-bond acceptors (Lipinski definition) is 1. The Bertz CT molecular complexity index is 3960. The topological polar surface area (TPSA) is 17.8 Å². The molecule has 1 aliphatic rings. The van der Waals surface area contributed by atoms with Crippen molar-refractivity contribution in [3.05, 3.63) is 229 Å². The third-order valence-electron chi connectivity index (χ3n) is 14.4. The molecule has 2 aromatic heterocycles. The van der Waals surface area contributed by atoms with Crippen LogP contribution in [0.3, 0.4) is 0 Å². The lowest BCUT2D eigenvalue weighted by molar-refractivity contribution is -0.137. The highest BCUT2D eigenvalue weighted by Crippen LogP contribution is 2.50. The molecule has 12 aromatic rings. The maximum absolute atomic E-state index is 13.7. The van der Waals surface area contributed by atoms with E-state index in [1.54, 1.807) is 12.1 Å². The minimum Gasteiger partial charge on any atom is -0.309 e. The maximum Gasteiger partial charge on any atom is 0.416 e. The molecule has 10 aromatic carbocycles. The molecule has 0 bridgehead atoms.